The fraction of sp³-hybridized carbons (Fsp3) is 0.429. The molecule has 0 saturated carbocycles. The van der Waals surface area contributed by atoms with Crippen LogP contribution in [0.25, 0.3) is 0 Å². The van der Waals surface area contributed by atoms with E-state index < -0.39 is 5.60 Å². The monoisotopic (exact) mass is 353 g/mol. The Balaban J connectivity index is 1.64. The van der Waals surface area contributed by atoms with Crippen LogP contribution >= 0.6 is 0 Å². The summed E-state index contributed by atoms with van der Waals surface area (Å²) in [5, 5.41) is 11.1. The standard InChI is InChI=1S/C21H27N3O2/c1-3-23(14-18-8-11-22-12-9-18)15-21(26)10-13-24(16-21)20(25)19-7-5-4-6-17(19)2/h4-9,11-12,26H,3,10,13-16H2,1-2H3/t21-/m0/s1. The van der Waals surface area contributed by atoms with Crippen LogP contribution in [0.2, 0.25) is 0 Å². The molecule has 1 aliphatic rings. The van der Waals surface area contributed by atoms with Crippen molar-refractivity contribution in [1.82, 2.24) is 14.8 Å². The smallest absolute Gasteiger partial charge is 0.254 e. The lowest BCUT2D eigenvalue weighted by molar-refractivity contribution is 0.0108. The van der Waals surface area contributed by atoms with Crippen molar-refractivity contribution in [3.8, 4) is 0 Å². The molecule has 1 aromatic heterocycles. The zero-order valence-electron chi connectivity index (χ0n) is 15.6. The lowest BCUT2D eigenvalue weighted by atomic mass is 10.0. The van der Waals surface area contributed by atoms with Gasteiger partial charge in [-0.15, -0.1) is 0 Å². The van der Waals surface area contributed by atoms with Gasteiger partial charge in [0.15, 0.2) is 0 Å². The minimum absolute atomic E-state index is 0.0104. The molecule has 2 aromatic rings. The molecule has 0 spiro atoms. The maximum absolute atomic E-state index is 12.8. The predicted molar refractivity (Wildman–Crippen MR) is 102 cm³/mol. The van der Waals surface area contributed by atoms with Gasteiger partial charge in [0.1, 0.15) is 0 Å². The van der Waals surface area contributed by atoms with Crippen LogP contribution in [-0.4, -0.2) is 57.6 Å². The molecular weight excluding hydrogens is 326 g/mol. The van der Waals surface area contributed by atoms with Crippen molar-refractivity contribution in [3.63, 3.8) is 0 Å². The summed E-state index contributed by atoms with van der Waals surface area (Å²) in [7, 11) is 0. The molecule has 0 bridgehead atoms. The van der Waals surface area contributed by atoms with E-state index in [-0.39, 0.29) is 5.91 Å². The van der Waals surface area contributed by atoms with Crippen LogP contribution in [0.4, 0.5) is 0 Å². The summed E-state index contributed by atoms with van der Waals surface area (Å²) >= 11 is 0. The topological polar surface area (TPSA) is 56.7 Å². The average Bonchev–Trinajstić information content (AvgIpc) is 3.04. The molecule has 1 atom stereocenters. The minimum Gasteiger partial charge on any atom is -0.387 e. The molecule has 138 valence electrons. The Kier molecular flexibility index (Phi) is 5.69. The number of hydrogen-bond acceptors (Lipinski definition) is 4. The van der Waals surface area contributed by atoms with E-state index in [1.54, 1.807) is 17.3 Å². The van der Waals surface area contributed by atoms with E-state index in [1.165, 1.54) is 5.56 Å². The molecule has 1 amide bonds. The first-order valence-corrected chi connectivity index (χ1v) is 9.19. The Morgan fingerprint density at radius 2 is 2.00 bits per heavy atom. The number of pyridine rings is 1. The lowest BCUT2D eigenvalue weighted by Crippen LogP contribution is -2.45. The molecular formula is C21H27N3O2. The van der Waals surface area contributed by atoms with Gasteiger partial charge in [-0.2, -0.15) is 0 Å². The molecule has 5 nitrogen and oxygen atoms in total. The number of carbonyl (C=O) groups excluding carboxylic acids is 1. The minimum atomic E-state index is -0.860. The highest BCUT2D eigenvalue weighted by molar-refractivity contribution is 5.95. The van der Waals surface area contributed by atoms with E-state index in [4.69, 9.17) is 0 Å². The Labute approximate surface area is 155 Å². The first-order chi connectivity index (χ1) is 12.5. The van der Waals surface area contributed by atoms with Crippen LogP contribution in [0, 0.1) is 6.92 Å². The molecule has 3 rings (SSSR count). The summed E-state index contributed by atoms with van der Waals surface area (Å²) in [6.45, 7) is 7.19. The third kappa shape index (κ3) is 4.29. The molecule has 0 radical (unpaired) electrons. The van der Waals surface area contributed by atoms with Crippen LogP contribution in [0.15, 0.2) is 48.8 Å². The lowest BCUT2D eigenvalue weighted by Gasteiger charge is -2.31. The number of nitrogens with zero attached hydrogens (tertiary/aromatic N) is 3. The number of aryl methyl sites for hydroxylation is 1. The number of rotatable bonds is 6. The zero-order valence-corrected chi connectivity index (χ0v) is 15.6. The van der Waals surface area contributed by atoms with Crippen LogP contribution in [0.1, 0.15) is 34.8 Å². The molecule has 5 heteroatoms. The summed E-state index contributed by atoms with van der Waals surface area (Å²) in [5.74, 6) is 0.0104. The number of β-amino-alcohol motifs (C(OH)–C–C–N with tert-alkyl or cyclic N) is 1. The Morgan fingerprint density at radius 1 is 1.27 bits per heavy atom. The van der Waals surface area contributed by atoms with Crippen LogP contribution in [0.5, 0.6) is 0 Å². The summed E-state index contributed by atoms with van der Waals surface area (Å²) < 4.78 is 0. The number of likely N-dealkylation sites (tertiary alicyclic amines) is 1. The van der Waals surface area contributed by atoms with E-state index in [9.17, 15) is 9.90 Å². The SMILES string of the molecule is CCN(Cc1ccncc1)C[C@@]1(O)CCN(C(=O)c2ccccc2C)C1. The number of likely N-dealkylation sites (N-methyl/N-ethyl adjacent to an activating group) is 1. The Hall–Kier alpha value is -2.24. The van der Waals surface area contributed by atoms with Gasteiger partial charge >= 0.3 is 0 Å². The molecule has 1 saturated heterocycles. The first-order valence-electron chi connectivity index (χ1n) is 9.19. The van der Waals surface area contributed by atoms with Crippen molar-refractivity contribution >= 4 is 5.91 Å². The number of aromatic nitrogens is 1. The van der Waals surface area contributed by atoms with E-state index in [1.807, 2.05) is 43.3 Å². The second-order valence-corrected chi connectivity index (χ2v) is 7.17. The van der Waals surface area contributed by atoms with Crippen molar-refractivity contribution < 1.29 is 9.90 Å². The molecule has 2 heterocycles. The van der Waals surface area contributed by atoms with Crippen molar-refractivity contribution in [1.29, 1.82) is 0 Å². The summed E-state index contributed by atoms with van der Waals surface area (Å²) in [5.41, 5.74) is 2.01. The molecule has 0 unspecified atom stereocenters. The van der Waals surface area contributed by atoms with Crippen LogP contribution in [0.3, 0.4) is 0 Å². The van der Waals surface area contributed by atoms with Crippen molar-refractivity contribution in [2.75, 3.05) is 26.2 Å². The van der Waals surface area contributed by atoms with E-state index >= 15 is 0 Å². The Bertz CT molecular complexity index is 750. The van der Waals surface area contributed by atoms with Gasteiger partial charge < -0.3 is 10.0 Å². The third-order valence-corrected chi connectivity index (χ3v) is 5.12. The highest BCUT2D eigenvalue weighted by Crippen LogP contribution is 2.25. The Morgan fingerprint density at radius 3 is 2.69 bits per heavy atom. The number of benzene rings is 1. The van der Waals surface area contributed by atoms with Gasteiger partial charge in [-0.1, -0.05) is 25.1 Å². The molecule has 0 aliphatic carbocycles. The highest BCUT2D eigenvalue weighted by atomic mass is 16.3. The van der Waals surface area contributed by atoms with E-state index in [0.29, 0.717) is 26.1 Å². The van der Waals surface area contributed by atoms with Gasteiger partial charge in [0.2, 0.25) is 0 Å². The normalized spacial score (nSPS) is 19.9. The average molecular weight is 353 g/mol. The molecule has 26 heavy (non-hydrogen) atoms. The number of aliphatic hydroxyl groups is 1. The van der Waals surface area contributed by atoms with Crippen molar-refractivity contribution in [2.45, 2.75) is 32.4 Å². The quantitative estimate of drug-likeness (QED) is 0.867. The zero-order chi connectivity index (χ0) is 18.6. The van der Waals surface area contributed by atoms with Crippen LogP contribution in [-0.2, 0) is 6.54 Å². The summed E-state index contributed by atoms with van der Waals surface area (Å²) in [4.78, 5) is 20.8. The van der Waals surface area contributed by atoms with Gasteiger partial charge in [0.05, 0.1) is 12.1 Å². The van der Waals surface area contributed by atoms with Gasteiger partial charge in [-0.05, 0) is 49.2 Å². The second kappa shape index (κ2) is 7.98. The molecule has 1 aliphatic heterocycles. The fourth-order valence-corrected chi connectivity index (χ4v) is 3.58. The van der Waals surface area contributed by atoms with Gasteiger partial charge in [0.25, 0.3) is 5.91 Å². The largest absolute Gasteiger partial charge is 0.387 e. The highest BCUT2D eigenvalue weighted by Gasteiger charge is 2.39. The van der Waals surface area contributed by atoms with Gasteiger partial charge in [-0.3, -0.25) is 14.7 Å². The van der Waals surface area contributed by atoms with E-state index in [0.717, 1.165) is 24.2 Å². The molecule has 1 fully saturated rings. The number of hydrogen-bond donors (Lipinski definition) is 1. The molecule has 1 N–H and O–H groups in total. The molecule has 1 aromatic carbocycles. The van der Waals surface area contributed by atoms with Crippen LogP contribution < -0.4 is 0 Å². The number of carbonyl (C=O) groups is 1. The summed E-state index contributed by atoms with van der Waals surface area (Å²) in [6.07, 6.45) is 4.18. The second-order valence-electron chi connectivity index (χ2n) is 7.17. The van der Waals surface area contributed by atoms with Gasteiger partial charge in [-0.25, -0.2) is 0 Å². The number of amides is 1. The van der Waals surface area contributed by atoms with Gasteiger partial charge in [0, 0.05) is 37.6 Å². The van der Waals surface area contributed by atoms with Crippen molar-refractivity contribution in [3.05, 3.63) is 65.5 Å². The summed E-state index contributed by atoms with van der Waals surface area (Å²) in [6, 6.07) is 11.6. The van der Waals surface area contributed by atoms with Crippen molar-refractivity contribution in [2.24, 2.45) is 0 Å². The maximum Gasteiger partial charge on any atom is 0.254 e. The predicted octanol–water partition coefficient (Wildman–Crippen LogP) is 2.49. The third-order valence-electron chi connectivity index (χ3n) is 5.12. The maximum atomic E-state index is 12.8. The fourth-order valence-electron chi connectivity index (χ4n) is 3.58. The van der Waals surface area contributed by atoms with E-state index in [2.05, 4.69) is 16.8 Å². The first kappa shape index (κ1) is 18.5.